The number of carboxylic acid groups (broad SMARTS) is 1. The first kappa shape index (κ1) is 9.58. The first-order chi connectivity index (χ1) is 7.09. The molecule has 2 rings (SSSR count). The van der Waals surface area contributed by atoms with Crippen LogP contribution in [0, 0.1) is 11.6 Å². The molecular weight excluding hydrogens is 202 g/mol. The van der Waals surface area contributed by atoms with Crippen LogP contribution in [-0.4, -0.2) is 11.1 Å². The summed E-state index contributed by atoms with van der Waals surface area (Å²) in [4.78, 5) is 10.6. The number of benzene rings is 2. The quantitative estimate of drug-likeness (QED) is 0.782. The van der Waals surface area contributed by atoms with Crippen LogP contribution < -0.4 is 0 Å². The fourth-order valence-electron chi connectivity index (χ4n) is 1.45. The van der Waals surface area contributed by atoms with Crippen LogP contribution in [0.4, 0.5) is 8.78 Å². The smallest absolute Gasteiger partial charge is 0.335 e. The molecule has 0 radical (unpaired) electrons. The molecule has 0 aliphatic rings. The SMILES string of the molecule is O=C(O)c1cc(F)c2c(F)cccc2c1. The van der Waals surface area contributed by atoms with Crippen molar-refractivity contribution in [2.75, 3.05) is 0 Å². The molecule has 0 fully saturated rings. The predicted molar refractivity (Wildman–Crippen MR) is 50.8 cm³/mol. The summed E-state index contributed by atoms with van der Waals surface area (Å²) in [6.45, 7) is 0. The van der Waals surface area contributed by atoms with Crippen molar-refractivity contribution >= 4 is 16.7 Å². The fourth-order valence-corrected chi connectivity index (χ4v) is 1.45. The first-order valence-electron chi connectivity index (χ1n) is 4.20. The van der Waals surface area contributed by atoms with Crippen LogP contribution in [0.1, 0.15) is 10.4 Å². The minimum atomic E-state index is -1.24. The number of fused-ring (bicyclic) bond motifs is 1. The third-order valence-electron chi connectivity index (χ3n) is 2.12. The maximum absolute atomic E-state index is 13.4. The normalized spacial score (nSPS) is 10.5. The number of carbonyl (C=O) groups is 1. The van der Waals surface area contributed by atoms with E-state index in [2.05, 4.69) is 0 Å². The van der Waals surface area contributed by atoms with Gasteiger partial charge in [-0.25, -0.2) is 13.6 Å². The molecule has 0 bridgehead atoms. The van der Waals surface area contributed by atoms with Crippen molar-refractivity contribution in [1.82, 2.24) is 0 Å². The van der Waals surface area contributed by atoms with Crippen molar-refractivity contribution in [1.29, 1.82) is 0 Å². The van der Waals surface area contributed by atoms with Crippen LogP contribution in [0.15, 0.2) is 30.3 Å². The average molecular weight is 208 g/mol. The Morgan fingerprint density at radius 1 is 1.13 bits per heavy atom. The van der Waals surface area contributed by atoms with Crippen LogP contribution >= 0.6 is 0 Å². The highest BCUT2D eigenvalue weighted by atomic mass is 19.1. The molecule has 0 saturated heterocycles. The number of aromatic carboxylic acids is 1. The zero-order valence-electron chi connectivity index (χ0n) is 7.50. The van der Waals surface area contributed by atoms with Gasteiger partial charge in [0.15, 0.2) is 0 Å². The Hall–Kier alpha value is -1.97. The zero-order chi connectivity index (χ0) is 11.0. The van der Waals surface area contributed by atoms with Crippen molar-refractivity contribution < 1.29 is 18.7 Å². The van der Waals surface area contributed by atoms with E-state index in [0.717, 1.165) is 12.1 Å². The van der Waals surface area contributed by atoms with Gasteiger partial charge in [-0.2, -0.15) is 0 Å². The van der Waals surface area contributed by atoms with E-state index in [1.165, 1.54) is 18.2 Å². The molecule has 0 amide bonds. The van der Waals surface area contributed by atoms with Crippen LogP contribution in [0.3, 0.4) is 0 Å². The first-order valence-corrected chi connectivity index (χ1v) is 4.20. The highest BCUT2D eigenvalue weighted by Crippen LogP contribution is 2.22. The lowest BCUT2D eigenvalue weighted by Gasteiger charge is -2.02. The fraction of sp³-hybridized carbons (Fsp3) is 0. The molecule has 0 heterocycles. The van der Waals surface area contributed by atoms with Gasteiger partial charge >= 0.3 is 5.97 Å². The second kappa shape index (κ2) is 3.31. The van der Waals surface area contributed by atoms with E-state index in [4.69, 9.17) is 5.11 Å². The van der Waals surface area contributed by atoms with Crippen LogP contribution in [-0.2, 0) is 0 Å². The molecule has 0 unspecified atom stereocenters. The monoisotopic (exact) mass is 208 g/mol. The van der Waals surface area contributed by atoms with Crippen molar-refractivity contribution in [2.24, 2.45) is 0 Å². The van der Waals surface area contributed by atoms with Gasteiger partial charge in [-0.05, 0) is 23.6 Å². The third kappa shape index (κ3) is 1.54. The van der Waals surface area contributed by atoms with E-state index in [-0.39, 0.29) is 16.3 Å². The summed E-state index contributed by atoms with van der Waals surface area (Å²) in [5.41, 5.74) is -0.189. The van der Waals surface area contributed by atoms with Gasteiger partial charge < -0.3 is 5.11 Å². The lowest BCUT2D eigenvalue weighted by molar-refractivity contribution is 0.0696. The molecule has 76 valence electrons. The van der Waals surface area contributed by atoms with E-state index in [1.54, 1.807) is 0 Å². The summed E-state index contributed by atoms with van der Waals surface area (Å²) in [5.74, 6) is -2.79. The Morgan fingerprint density at radius 2 is 1.87 bits per heavy atom. The predicted octanol–water partition coefficient (Wildman–Crippen LogP) is 2.82. The van der Waals surface area contributed by atoms with E-state index in [1.807, 2.05) is 0 Å². The lowest BCUT2D eigenvalue weighted by atomic mass is 10.1. The molecule has 4 heteroatoms. The van der Waals surface area contributed by atoms with Crippen molar-refractivity contribution in [3.8, 4) is 0 Å². The Morgan fingerprint density at radius 3 is 2.53 bits per heavy atom. The molecular formula is C11H6F2O2. The van der Waals surface area contributed by atoms with E-state index in [9.17, 15) is 13.6 Å². The van der Waals surface area contributed by atoms with Crippen molar-refractivity contribution in [3.63, 3.8) is 0 Å². The van der Waals surface area contributed by atoms with Crippen LogP contribution in [0.2, 0.25) is 0 Å². The van der Waals surface area contributed by atoms with E-state index >= 15 is 0 Å². The van der Waals surface area contributed by atoms with Crippen LogP contribution in [0.25, 0.3) is 10.8 Å². The zero-order valence-corrected chi connectivity index (χ0v) is 7.50. The van der Waals surface area contributed by atoms with Gasteiger partial charge in [0.2, 0.25) is 0 Å². The third-order valence-corrected chi connectivity index (χ3v) is 2.12. The Balaban J connectivity index is 2.84. The van der Waals surface area contributed by atoms with Gasteiger partial charge in [0.05, 0.1) is 10.9 Å². The average Bonchev–Trinajstić information content (AvgIpc) is 2.17. The maximum Gasteiger partial charge on any atom is 0.335 e. The minimum Gasteiger partial charge on any atom is -0.478 e. The van der Waals surface area contributed by atoms with Gasteiger partial charge in [-0.3, -0.25) is 0 Å². The molecule has 0 aliphatic carbocycles. The van der Waals surface area contributed by atoms with Gasteiger partial charge in [-0.15, -0.1) is 0 Å². The molecule has 15 heavy (non-hydrogen) atoms. The number of carboxylic acids is 1. The van der Waals surface area contributed by atoms with Crippen LogP contribution in [0.5, 0.6) is 0 Å². The molecule has 2 aromatic rings. The topological polar surface area (TPSA) is 37.3 Å². The minimum absolute atomic E-state index is 0.178. The molecule has 0 atom stereocenters. The Labute approximate surface area is 83.8 Å². The van der Waals surface area contributed by atoms with Gasteiger partial charge in [0.1, 0.15) is 11.6 Å². The Kier molecular flexibility index (Phi) is 2.11. The summed E-state index contributed by atoms with van der Waals surface area (Å²) in [6.07, 6.45) is 0. The van der Waals surface area contributed by atoms with Gasteiger partial charge in [0.25, 0.3) is 0 Å². The molecule has 0 aliphatic heterocycles. The summed E-state index contributed by atoms with van der Waals surface area (Å²) < 4.78 is 26.6. The summed E-state index contributed by atoms with van der Waals surface area (Å²) in [7, 11) is 0. The molecule has 2 nitrogen and oxygen atoms in total. The Bertz CT molecular complexity index is 550. The summed E-state index contributed by atoms with van der Waals surface area (Å²) >= 11 is 0. The van der Waals surface area contributed by atoms with Crippen molar-refractivity contribution in [2.45, 2.75) is 0 Å². The van der Waals surface area contributed by atoms with Crippen molar-refractivity contribution in [3.05, 3.63) is 47.5 Å². The molecule has 2 aromatic carbocycles. The number of hydrogen-bond donors (Lipinski definition) is 1. The maximum atomic E-state index is 13.4. The standard InChI is InChI=1S/C11H6F2O2/c12-8-3-1-2-6-4-7(11(14)15)5-9(13)10(6)8/h1-5H,(H,14,15). The lowest BCUT2D eigenvalue weighted by Crippen LogP contribution is -1.98. The van der Waals surface area contributed by atoms with E-state index in [0.29, 0.717) is 0 Å². The molecule has 0 saturated carbocycles. The molecule has 0 aromatic heterocycles. The number of rotatable bonds is 1. The number of halogens is 2. The largest absolute Gasteiger partial charge is 0.478 e. The van der Waals surface area contributed by atoms with Gasteiger partial charge in [-0.1, -0.05) is 12.1 Å². The molecule has 1 N–H and O–H groups in total. The highest BCUT2D eigenvalue weighted by Gasteiger charge is 2.11. The summed E-state index contributed by atoms with van der Waals surface area (Å²) in [5, 5.41) is 8.74. The summed E-state index contributed by atoms with van der Waals surface area (Å²) in [6, 6.07) is 6.06. The second-order valence-corrected chi connectivity index (χ2v) is 3.10. The van der Waals surface area contributed by atoms with Gasteiger partial charge in [0, 0.05) is 0 Å². The molecule has 0 spiro atoms. The highest BCUT2D eigenvalue weighted by molar-refractivity contribution is 5.94. The van der Waals surface area contributed by atoms with E-state index < -0.39 is 17.6 Å². The second-order valence-electron chi connectivity index (χ2n) is 3.10. The number of hydrogen-bond acceptors (Lipinski definition) is 1.